The van der Waals surface area contributed by atoms with Crippen LogP contribution < -0.4 is 10.0 Å². The average Bonchev–Trinajstić information content (AvgIpc) is 2.57. The molecule has 2 aromatic rings. The number of anilines is 1. The van der Waals surface area contributed by atoms with E-state index in [2.05, 4.69) is 17.0 Å². The molecule has 5 nitrogen and oxygen atoms in total. The molecule has 2 rings (SSSR count). The van der Waals surface area contributed by atoms with Gasteiger partial charge in [-0.3, -0.25) is 9.52 Å². The van der Waals surface area contributed by atoms with Crippen molar-refractivity contribution < 1.29 is 13.2 Å². The van der Waals surface area contributed by atoms with Gasteiger partial charge in [-0.25, -0.2) is 8.42 Å². The predicted octanol–water partition coefficient (Wildman–Crippen LogP) is 4.02. The van der Waals surface area contributed by atoms with E-state index < -0.39 is 10.0 Å². The highest BCUT2D eigenvalue weighted by molar-refractivity contribution is 7.92. The molecule has 0 saturated carbocycles. The molecule has 2 N–H and O–H groups in total. The van der Waals surface area contributed by atoms with E-state index in [-0.39, 0.29) is 16.8 Å². The summed E-state index contributed by atoms with van der Waals surface area (Å²) in [6, 6.07) is 11.9. The van der Waals surface area contributed by atoms with Gasteiger partial charge in [0.2, 0.25) is 0 Å². The lowest BCUT2D eigenvalue weighted by Crippen LogP contribution is -2.32. The fraction of sp³-hybridized carbons (Fsp3) is 0.350. The Morgan fingerprint density at radius 3 is 2.35 bits per heavy atom. The van der Waals surface area contributed by atoms with Crippen LogP contribution in [0.2, 0.25) is 0 Å². The zero-order chi connectivity index (χ0) is 19.3. The van der Waals surface area contributed by atoms with Crippen LogP contribution in [0.4, 0.5) is 5.69 Å². The summed E-state index contributed by atoms with van der Waals surface area (Å²) in [5, 5.41) is 2.93. The number of nitrogens with one attached hydrogen (secondary N) is 2. The zero-order valence-electron chi connectivity index (χ0n) is 15.7. The average molecular weight is 375 g/mol. The number of aryl methyl sites for hydroxylation is 2. The van der Waals surface area contributed by atoms with Gasteiger partial charge in [0.05, 0.1) is 4.90 Å². The van der Waals surface area contributed by atoms with E-state index in [4.69, 9.17) is 0 Å². The first-order valence-corrected chi connectivity index (χ1v) is 10.2. The van der Waals surface area contributed by atoms with E-state index >= 15 is 0 Å². The summed E-state index contributed by atoms with van der Waals surface area (Å²) in [5.41, 5.74) is 2.49. The van der Waals surface area contributed by atoms with Gasteiger partial charge in [0.15, 0.2) is 0 Å². The molecular formula is C20H26N2O3S. The molecule has 0 aliphatic rings. The van der Waals surface area contributed by atoms with Gasteiger partial charge in [0, 0.05) is 17.3 Å². The number of hydrogen-bond donors (Lipinski definition) is 2. The highest BCUT2D eigenvalue weighted by atomic mass is 32.2. The van der Waals surface area contributed by atoms with Gasteiger partial charge >= 0.3 is 0 Å². The lowest BCUT2D eigenvalue weighted by atomic mass is 10.1. The van der Waals surface area contributed by atoms with Crippen LogP contribution in [-0.2, 0) is 10.0 Å². The zero-order valence-corrected chi connectivity index (χ0v) is 16.5. The molecule has 0 spiro atoms. The smallest absolute Gasteiger partial charge is 0.262 e. The van der Waals surface area contributed by atoms with Gasteiger partial charge in [-0.05, 0) is 68.7 Å². The summed E-state index contributed by atoms with van der Waals surface area (Å²) in [7, 11) is -3.68. The van der Waals surface area contributed by atoms with Gasteiger partial charge in [-0.2, -0.15) is 0 Å². The van der Waals surface area contributed by atoms with Crippen LogP contribution in [0.3, 0.4) is 0 Å². The Balaban J connectivity index is 2.13. The maximum Gasteiger partial charge on any atom is 0.262 e. The van der Waals surface area contributed by atoms with Crippen LogP contribution in [0.5, 0.6) is 0 Å². The Bertz CT molecular complexity index is 874. The van der Waals surface area contributed by atoms with Crippen molar-refractivity contribution >= 4 is 21.6 Å². The second-order valence-corrected chi connectivity index (χ2v) is 8.27. The van der Waals surface area contributed by atoms with Gasteiger partial charge in [0.25, 0.3) is 15.9 Å². The third-order valence-electron chi connectivity index (χ3n) is 4.13. The van der Waals surface area contributed by atoms with E-state index in [0.29, 0.717) is 16.8 Å². The number of benzene rings is 2. The Morgan fingerprint density at radius 1 is 1.08 bits per heavy atom. The molecule has 1 atom stereocenters. The molecule has 0 heterocycles. The summed E-state index contributed by atoms with van der Waals surface area (Å²) >= 11 is 0. The van der Waals surface area contributed by atoms with E-state index in [0.717, 1.165) is 18.4 Å². The monoisotopic (exact) mass is 374 g/mol. The summed E-state index contributed by atoms with van der Waals surface area (Å²) in [6.45, 7) is 7.65. The Hall–Kier alpha value is -2.34. The molecule has 0 bridgehead atoms. The Morgan fingerprint density at radius 2 is 1.73 bits per heavy atom. The van der Waals surface area contributed by atoms with E-state index in [1.807, 2.05) is 19.9 Å². The third kappa shape index (κ3) is 5.08. The SMILES string of the molecule is CCCC(C)NC(=O)c1ccc(NS(=O)(=O)c2cc(C)ccc2C)cc1. The van der Waals surface area contributed by atoms with Crippen molar-refractivity contribution in [2.24, 2.45) is 0 Å². The first-order chi connectivity index (χ1) is 12.2. The molecule has 0 aromatic heterocycles. The first-order valence-electron chi connectivity index (χ1n) is 8.74. The molecule has 6 heteroatoms. The highest BCUT2D eigenvalue weighted by Crippen LogP contribution is 2.21. The summed E-state index contributed by atoms with van der Waals surface area (Å²) in [5.74, 6) is -0.158. The van der Waals surface area contributed by atoms with E-state index in [1.54, 1.807) is 43.3 Å². The third-order valence-corrected chi connectivity index (χ3v) is 5.65. The Kier molecular flexibility index (Phi) is 6.42. The summed E-state index contributed by atoms with van der Waals surface area (Å²) in [4.78, 5) is 12.4. The molecule has 0 saturated heterocycles. The molecule has 0 aliphatic heterocycles. The van der Waals surface area contributed by atoms with Crippen molar-refractivity contribution in [3.63, 3.8) is 0 Å². The fourth-order valence-electron chi connectivity index (χ4n) is 2.71. The molecule has 1 amide bonds. The molecule has 26 heavy (non-hydrogen) atoms. The minimum absolute atomic E-state index is 0.106. The summed E-state index contributed by atoms with van der Waals surface area (Å²) < 4.78 is 27.8. The van der Waals surface area contributed by atoms with Crippen molar-refractivity contribution in [1.82, 2.24) is 5.32 Å². The second-order valence-electron chi connectivity index (χ2n) is 6.61. The van der Waals surface area contributed by atoms with Crippen LogP contribution in [0.1, 0.15) is 48.2 Å². The number of hydrogen-bond acceptors (Lipinski definition) is 3. The molecule has 0 radical (unpaired) electrons. The molecular weight excluding hydrogens is 348 g/mol. The topological polar surface area (TPSA) is 75.3 Å². The minimum atomic E-state index is -3.68. The van der Waals surface area contributed by atoms with Crippen LogP contribution in [0.15, 0.2) is 47.4 Å². The number of sulfonamides is 1. The van der Waals surface area contributed by atoms with Crippen LogP contribution >= 0.6 is 0 Å². The number of rotatable bonds is 7. The maximum atomic E-state index is 12.6. The molecule has 1 unspecified atom stereocenters. The second kappa shape index (κ2) is 8.36. The maximum absolute atomic E-state index is 12.6. The normalized spacial score (nSPS) is 12.5. The van der Waals surface area contributed by atoms with Gasteiger partial charge in [-0.1, -0.05) is 25.5 Å². The molecule has 2 aromatic carbocycles. The molecule has 0 aliphatic carbocycles. The van der Waals surface area contributed by atoms with Crippen molar-refractivity contribution in [2.45, 2.75) is 51.5 Å². The standard InChI is InChI=1S/C20H26N2O3S/c1-5-6-16(4)21-20(23)17-9-11-18(12-10-17)22-26(24,25)19-13-14(2)7-8-15(19)3/h7-13,16,22H,5-6H2,1-4H3,(H,21,23). The van der Waals surface area contributed by atoms with Crippen molar-refractivity contribution in [2.75, 3.05) is 4.72 Å². The first kappa shape index (κ1) is 20.0. The minimum Gasteiger partial charge on any atom is -0.350 e. The lowest BCUT2D eigenvalue weighted by molar-refractivity contribution is 0.0938. The van der Waals surface area contributed by atoms with Crippen LogP contribution in [0, 0.1) is 13.8 Å². The highest BCUT2D eigenvalue weighted by Gasteiger charge is 2.17. The van der Waals surface area contributed by atoms with E-state index in [9.17, 15) is 13.2 Å². The Labute approximate surface area is 155 Å². The van der Waals surface area contributed by atoms with Gasteiger partial charge in [0.1, 0.15) is 0 Å². The number of carbonyl (C=O) groups excluding carboxylic acids is 1. The fourth-order valence-corrected chi connectivity index (χ4v) is 4.10. The van der Waals surface area contributed by atoms with Crippen molar-refractivity contribution in [3.05, 3.63) is 59.2 Å². The van der Waals surface area contributed by atoms with E-state index in [1.165, 1.54) is 0 Å². The predicted molar refractivity (Wildman–Crippen MR) is 105 cm³/mol. The van der Waals surface area contributed by atoms with Crippen LogP contribution in [0.25, 0.3) is 0 Å². The largest absolute Gasteiger partial charge is 0.350 e. The van der Waals surface area contributed by atoms with Crippen LogP contribution in [-0.4, -0.2) is 20.4 Å². The van der Waals surface area contributed by atoms with Crippen molar-refractivity contribution in [1.29, 1.82) is 0 Å². The lowest BCUT2D eigenvalue weighted by Gasteiger charge is -2.14. The number of carbonyl (C=O) groups is 1. The summed E-state index contributed by atoms with van der Waals surface area (Å²) in [6.07, 6.45) is 1.92. The quantitative estimate of drug-likeness (QED) is 0.768. The van der Waals surface area contributed by atoms with Gasteiger partial charge < -0.3 is 5.32 Å². The van der Waals surface area contributed by atoms with Crippen molar-refractivity contribution in [3.8, 4) is 0 Å². The van der Waals surface area contributed by atoms with Gasteiger partial charge in [-0.15, -0.1) is 0 Å². The molecule has 0 fully saturated rings. The number of amides is 1. The molecule has 140 valence electrons.